The van der Waals surface area contributed by atoms with Crippen LogP contribution in [0.4, 0.5) is 4.39 Å². The molecule has 0 radical (unpaired) electrons. The molecule has 1 aliphatic carbocycles. The molecule has 2 aromatic rings. The van der Waals surface area contributed by atoms with E-state index in [4.69, 9.17) is 4.74 Å². The minimum atomic E-state index is -0.637. The van der Waals surface area contributed by atoms with Gasteiger partial charge in [0.1, 0.15) is 23.7 Å². The second kappa shape index (κ2) is 9.84. The molecule has 3 amide bonds. The van der Waals surface area contributed by atoms with Crippen molar-refractivity contribution in [2.24, 2.45) is 0 Å². The summed E-state index contributed by atoms with van der Waals surface area (Å²) in [5.74, 6) is -0.388. The van der Waals surface area contributed by atoms with Crippen LogP contribution in [0.3, 0.4) is 0 Å². The number of fused-ring (bicyclic) bond motifs is 1. The van der Waals surface area contributed by atoms with Crippen LogP contribution < -0.4 is 10.1 Å². The average Bonchev–Trinajstić information content (AvgIpc) is 3.20. The summed E-state index contributed by atoms with van der Waals surface area (Å²) in [6, 6.07) is 11.7. The molecule has 3 aliphatic heterocycles. The summed E-state index contributed by atoms with van der Waals surface area (Å²) in [4.78, 5) is 40.8. The van der Waals surface area contributed by atoms with Crippen LogP contribution >= 0.6 is 0 Å². The van der Waals surface area contributed by atoms with Crippen molar-refractivity contribution in [2.45, 2.75) is 69.2 Å². The molecule has 2 aromatic carbocycles. The highest BCUT2D eigenvalue weighted by Crippen LogP contribution is 2.37. The number of carbonyl (C=O) groups excluding carboxylic acids is 3. The Morgan fingerprint density at radius 3 is 2.63 bits per heavy atom. The summed E-state index contributed by atoms with van der Waals surface area (Å²) in [7, 11) is 0. The van der Waals surface area contributed by atoms with Crippen LogP contribution in [0.25, 0.3) is 0 Å². The van der Waals surface area contributed by atoms with Crippen LogP contribution in [0.1, 0.15) is 71.5 Å². The number of rotatable bonds is 5. The zero-order chi connectivity index (χ0) is 26.4. The minimum Gasteiger partial charge on any atom is -0.489 e. The van der Waals surface area contributed by atoms with Crippen molar-refractivity contribution in [1.29, 1.82) is 5.26 Å². The number of hydrogen-bond donors (Lipinski definition) is 1. The van der Waals surface area contributed by atoms with Gasteiger partial charge in [-0.2, -0.15) is 5.26 Å². The molecule has 1 N–H and O–H groups in total. The summed E-state index contributed by atoms with van der Waals surface area (Å²) in [5.41, 5.74) is 2.71. The SMILES string of the molecule is N#Cc1cc(F)ccc1C1CN([C@H]2CCCC[C@H]2Oc2ccc3c(c2)CN([C@H]2CCC(=O)NC2=O)C3=O)C1. The number of likely N-dealkylation sites (tertiary alicyclic amines) is 1. The lowest BCUT2D eigenvalue weighted by Gasteiger charge is -2.48. The number of nitrogens with zero attached hydrogens (tertiary/aromatic N) is 3. The highest BCUT2D eigenvalue weighted by Gasteiger charge is 2.41. The minimum absolute atomic E-state index is 0.00903. The Balaban J connectivity index is 1.12. The van der Waals surface area contributed by atoms with Crippen molar-refractivity contribution in [2.75, 3.05) is 13.1 Å². The van der Waals surface area contributed by atoms with Crippen LogP contribution in [0.5, 0.6) is 5.75 Å². The van der Waals surface area contributed by atoms with E-state index in [9.17, 15) is 24.0 Å². The molecule has 0 aromatic heterocycles. The fourth-order valence-electron chi connectivity index (χ4n) is 6.39. The number of amides is 3. The summed E-state index contributed by atoms with van der Waals surface area (Å²) in [6.45, 7) is 1.94. The predicted molar refractivity (Wildman–Crippen MR) is 135 cm³/mol. The summed E-state index contributed by atoms with van der Waals surface area (Å²) >= 11 is 0. The van der Waals surface area contributed by atoms with E-state index in [-0.39, 0.29) is 36.3 Å². The zero-order valence-corrected chi connectivity index (χ0v) is 21.0. The second-order valence-electron chi connectivity index (χ2n) is 10.7. The Hall–Kier alpha value is -3.77. The number of halogens is 1. The summed E-state index contributed by atoms with van der Waals surface area (Å²) in [5, 5.41) is 11.8. The van der Waals surface area contributed by atoms with Gasteiger partial charge in [0.2, 0.25) is 11.8 Å². The number of nitriles is 1. The van der Waals surface area contributed by atoms with Crippen LogP contribution in [-0.4, -0.2) is 58.8 Å². The average molecular weight is 517 g/mol. The van der Waals surface area contributed by atoms with Crippen LogP contribution in [0.15, 0.2) is 36.4 Å². The van der Waals surface area contributed by atoms with E-state index in [2.05, 4.69) is 16.3 Å². The van der Waals surface area contributed by atoms with Crippen molar-refractivity contribution >= 4 is 17.7 Å². The molecule has 38 heavy (non-hydrogen) atoms. The van der Waals surface area contributed by atoms with Gasteiger partial charge < -0.3 is 9.64 Å². The summed E-state index contributed by atoms with van der Waals surface area (Å²) < 4.78 is 20.1. The first-order chi connectivity index (χ1) is 18.4. The summed E-state index contributed by atoms with van der Waals surface area (Å²) in [6.07, 6.45) is 4.75. The lowest BCUT2D eigenvalue weighted by molar-refractivity contribution is -0.136. The van der Waals surface area contributed by atoms with Gasteiger partial charge in [-0.1, -0.05) is 12.5 Å². The molecule has 0 unspecified atom stereocenters. The normalized spacial score (nSPS) is 25.9. The van der Waals surface area contributed by atoms with Crippen LogP contribution in [0.2, 0.25) is 0 Å². The largest absolute Gasteiger partial charge is 0.489 e. The molecule has 0 spiro atoms. The van der Waals surface area contributed by atoms with Crippen LogP contribution in [-0.2, 0) is 16.1 Å². The third-order valence-electron chi connectivity index (χ3n) is 8.40. The van der Waals surface area contributed by atoms with Crippen molar-refractivity contribution in [1.82, 2.24) is 15.1 Å². The first-order valence-corrected chi connectivity index (χ1v) is 13.3. The van der Waals surface area contributed by atoms with E-state index in [1.807, 2.05) is 12.1 Å². The predicted octanol–water partition coefficient (Wildman–Crippen LogP) is 3.25. The number of hydrogen-bond acceptors (Lipinski definition) is 6. The number of nitrogens with one attached hydrogen (secondary N) is 1. The number of benzene rings is 2. The Labute approximate surface area is 220 Å². The first kappa shape index (κ1) is 24.6. The van der Waals surface area contributed by atoms with Gasteiger partial charge in [-0.25, -0.2) is 4.39 Å². The molecule has 0 bridgehead atoms. The molecule has 3 fully saturated rings. The monoisotopic (exact) mass is 516 g/mol. The van der Waals surface area contributed by atoms with Crippen molar-refractivity contribution < 1.29 is 23.5 Å². The van der Waals surface area contributed by atoms with E-state index in [1.54, 1.807) is 17.0 Å². The first-order valence-electron chi connectivity index (χ1n) is 13.3. The van der Waals surface area contributed by atoms with Gasteiger partial charge in [-0.3, -0.25) is 24.6 Å². The lowest BCUT2D eigenvalue weighted by atomic mass is 9.83. The molecule has 9 heteroatoms. The Kier molecular flexibility index (Phi) is 6.36. The third-order valence-corrected chi connectivity index (χ3v) is 8.40. The zero-order valence-electron chi connectivity index (χ0n) is 21.0. The van der Waals surface area contributed by atoms with Gasteiger partial charge in [-0.15, -0.1) is 0 Å². The second-order valence-corrected chi connectivity index (χ2v) is 10.7. The smallest absolute Gasteiger partial charge is 0.255 e. The highest BCUT2D eigenvalue weighted by molar-refractivity contribution is 6.05. The van der Waals surface area contributed by atoms with Crippen LogP contribution in [0, 0.1) is 17.1 Å². The van der Waals surface area contributed by atoms with Gasteiger partial charge in [0.05, 0.1) is 11.6 Å². The maximum absolute atomic E-state index is 13.6. The molecular weight excluding hydrogens is 487 g/mol. The molecule has 1 saturated carbocycles. The molecule has 3 atom stereocenters. The van der Waals surface area contributed by atoms with Gasteiger partial charge in [0.25, 0.3) is 5.91 Å². The number of piperidine rings is 1. The van der Waals surface area contributed by atoms with E-state index < -0.39 is 17.8 Å². The third kappa shape index (κ3) is 4.43. The number of carbonyl (C=O) groups is 3. The van der Waals surface area contributed by atoms with Crippen molar-refractivity contribution in [3.8, 4) is 11.8 Å². The molecule has 8 nitrogen and oxygen atoms in total. The highest BCUT2D eigenvalue weighted by atomic mass is 19.1. The van der Waals surface area contributed by atoms with Gasteiger partial charge in [0, 0.05) is 43.6 Å². The topological polar surface area (TPSA) is 103 Å². The van der Waals surface area contributed by atoms with Crippen molar-refractivity contribution in [3.05, 3.63) is 64.5 Å². The molecular formula is C29H29FN4O4. The standard InChI is InChI=1S/C29H29FN4O4/c30-20-5-7-22(17(11-20)13-31)19-14-33(15-19)24-3-1-2-4-26(24)38-21-6-8-23-18(12-21)16-34(29(23)37)25-9-10-27(35)32-28(25)36/h5-8,11-12,19,24-26H,1-4,9-10,14-16H2,(H,32,35,36)/t24-,25-,26+/m0/s1. The lowest BCUT2D eigenvalue weighted by Crippen LogP contribution is -2.57. The Bertz CT molecular complexity index is 1350. The van der Waals surface area contributed by atoms with Crippen molar-refractivity contribution in [3.63, 3.8) is 0 Å². The molecule has 3 heterocycles. The molecule has 4 aliphatic rings. The van der Waals surface area contributed by atoms with Gasteiger partial charge >= 0.3 is 0 Å². The van der Waals surface area contributed by atoms with E-state index >= 15 is 0 Å². The molecule has 6 rings (SSSR count). The molecule has 196 valence electrons. The fourth-order valence-corrected chi connectivity index (χ4v) is 6.39. The Morgan fingerprint density at radius 1 is 1.03 bits per heavy atom. The van der Waals surface area contributed by atoms with E-state index in [1.165, 1.54) is 12.1 Å². The maximum atomic E-state index is 13.6. The van der Waals surface area contributed by atoms with E-state index in [0.29, 0.717) is 29.8 Å². The fraction of sp³-hybridized carbons (Fsp3) is 0.448. The maximum Gasteiger partial charge on any atom is 0.255 e. The molecule has 2 saturated heterocycles. The quantitative estimate of drug-likeness (QED) is 0.612. The Morgan fingerprint density at radius 2 is 1.84 bits per heavy atom. The number of imide groups is 1. The van der Waals surface area contributed by atoms with Gasteiger partial charge in [0.15, 0.2) is 0 Å². The number of ether oxygens (including phenoxy) is 1. The van der Waals surface area contributed by atoms with E-state index in [0.717, 1.165) is 49.9 Å². The van der Waals surface area contributed by atoms with Gasteiger partial charge in [-0.05, 0) is 67.1 Å².